The lowest BCUT2D eigenvalue weighted by Gasteiger charge is -2.37. The molecule has 0 saturated carbocycles. The molecular weight excluding hydrogens is 280 g/mol. The molecule has 0 rings (SSSR count). The Hall–Kier alpha value is 0.748. The quantitative estimate of drug-likeness (QED) is 0.509. The molecule has 0 aliphatic heterocycles. The molecule has 17 heavy (non-hydrogen) atoms. The average molecular weight is 311 g/mol. The van der Waals surface area contributed by atoms with Crippen LogP contribution in [0.25, 0.3) is 0 Å². The first-order valence-electron chi connectivity index (χ1n) is 6.52. The minimum Gasteiger partial charge on any atom is -0.422 e. The van der Waals surface area contributed by atoms with Crippen molar-refractivity contribution in [1.29, 1.82) is 0 Å². The number of rotatable bonds is 8. The van der Waals surface area contributed by atoms with Crippen LogP contribution in [0, 0.1) is 0 Å². The fourth-order valence-corrected chi connectivity index (χ4v) is 14.9. The summed E-state index contributed by atoms with van der Waals surface area (Å²) < 4.78 is 18.6. The van der Waals surface area contributed by atoms with Gasteiger partial charge in [0.15, 0.2) is 26.4 Å². The second kappa shape index (κ2) is 6.78. The minimum atomic E-state index is -2.37. The lowest BCUT2D eigenvalue weighted by atomic mass is 10.6. The van der Waals surface area contributed by atoms with Gasteiger partial charge < -0.3 is 12.3 Å². The van der Waals surface area contributed by atoms with Gasteiger partial charge in [-0.2, -0.15) is 0 Å². The third-order valence-electron chi connectivity index (χ3n) is 1.85. The Balaban J connectivity index is 4.57. The second-order valence-corrected chi connectivity index (χ2v) is 20.6. The van der Waals surface area contributed by atoms with Crippen LogP contribution in [0.1, 0.15) is 13.3 Å². The molecule has 0 aliphatic carbocycles. The van der Waals surface area contributed by atoms with Crippen LogP contribution in [0.5, 0.6) is 0 Å². The summed E-state index contributed by atoms with van der Waals surface area (Å²) in [5.74, 6) is 0. The topological polar surface area (TPSA) is 27.7 Å². The molecule has 0 saturated heterocycles. The molecule has 3 nitrogen and oxygen atoms in total. The Morgan fingerprint density at radius 1 is 0.824 bits per heavy atom. The van der Waals surface area contributed by atoms with Crippen molar-refractivity contribution < 1.29 is 12.3 Å². The van der Waals surface area contributed by atoms with Crippen molar-refractivity contribution in [3.05, 3.63) is 0 Å². The Bertz CT molecular complexity index is 207. The molecule has 0 atom stereocenters. The molecule has 0 bridgehead atoms. The normalized spacial score (nSPS) is 14.8. The lowest BCUT2D eigenvalue weighted by molar-refractivity contribution is 0.271. The highest BCUT2D eigenvalue weighted by Gasteiger charge is 2.42. The largest absolute Gasteiger partial charge is 0.465 e. The molecule has 0 radical (unpaired) electrons. The van der Waals surface area contributed by atoms with E-state index in [0.29, 0.717) is 0 Å². The zero-order valence-electron chi connectivity index (χ0n) is 12.8. The highest BCUT2D eigenvalue weighted by atomic mass is 28.5. The van der Waals surface area contributed by atoms with E-state index in [1.165, 1.54) is 12.5 Å². The van der Waals surface area contributed by atoms with Gasteiger partial charge in [0.25, 0.3) is 0 Å². The molecule has 0 aliphatic rings. The molecule has 104 valence electrons. The van der Waals surface area contributed by atoms with Crippen LogP contribution >= 0.6 is 0 Å². The van der Waals surface area contributed by atoms with Crippen LogP contribution in [0.2, 0.25) is 51.9 Å². The smallest absolute Gasteiger partial charge is 0.422 e. The SMILES string of the molecule is CCC[SiH2]O[Si](C)(O[Si](C)(C)C)O[Si](C)(C)C. The highest BCUT2D eigenvalue weighted by molar-refractivity contribution is 6.86. The van der Waals surface area contributed by atoms with E-state index in [1.54, 1.807) is 0 Å². The predicted molar refractivity (Wildman–Crippen MR) is 85.2 cm³/mol. The molecule has 7 heteroatoms. The summed E-state index contributed by atoms with van der Waals surface area (Å²) >= 11 is 0. The van der Waals surface area contributed by atoms with E-state index in [-0.39, 0.29) is 0 Å². The summed E-state index contributed by atoms with van der Waals surface area (Å²) in [6.07, 6.45) is 1.20. The van der Waals surface area contributed by atoms with Gasteiger partial charge >= 0.3 is 8.80 Å². The number of hydrogen-bond donors (Lipinski definition) is 0. The fraction of sp³-hybridized carbons (Fsp3) is 1.00. The Labute approximate surface area is 113 Å². The average Bonchev–Trinajstić information content (AvgIpc) is 1.96. The zero-order valence-corrected chi connectivity index (χ0v) is 17.3. The van der Waals surface area contributed by atoms with Gasteiger partial charge in [-0.3, -0.25) is 0 Å². The first-order valence-corrected chi connectivity index (χ1v) is 17.1. The minimum absolute atomic E-state index is 0.475. The fourth-order valence-electron chi connectivity index (χ4n) is 1.59. The van der Waals surface area contributed by atoms with Gasteiger partial charge in [-0.15, -0.1) is 0 Å². The monoisotopic (exact) mass is 310 g/mol. The molecule has 0 fully saturated rings. The summed E-state index contributed by atoms with van der Waals surface area (Å²) in [6, 6.07) is 1.21. The maximum Gasteiger partial charge on any atom is 0.465 e. The van der Waals surface area contributed by atoms with Crippen molar-refractivity contribution in [1.82, 2.24) is 0 Å². The zero-order chi connectivity index (χ0) is 13.7. The van der Waals surface area contributed by atoms with Crippen molar-refractivity contribution in [2.24, 2.45) is 0 Å². The van der Waals surface area contributed by atoms with Crippen LogP contribution in [-0.2, 0) is 12.3 Å². The molecule has 0 amide bonds. The standard InChI is InChI=1S/C10H30O3Si4/c1-9-10-14-11-17(8,12-15(2,3)4)13-16(5,6)7/h9-10,14H2,1-8H3. The van der Waals surface area contributed by atoms with Crippen LogP contribution in [0.4, 0.5) is 0 Å². The molecule has 0 N–H and O–H groups in total. The van der Waals surface area contributed by atoms with Crippen molar-refractivity contribution in [3.63, 3.8) is 0 Å². The predicted octanol–water partition coefficient (Wildman–Crippen LogP) is 3.19. The molecule has 0 aromatic heterocycles. The first kappa shape index (κ1) is 17.7. The van der Waals surface area contributed by atoms with E-state index in [9.17, 15) is 0 Å². The van der Waals surface area contributed by atoms with E-state index in [4.69, 9.17) is 12.3 Å². The van der Waals surface area contributed by atoms with Gasteiger partial charge in [-0.05, 0) is 45.3 Å². The van der Waals surface area contributed by atoms with E-state index >= 15 is 0 Å². The molecule has 0 aromatic rings. The van der Waals surface area contributed by atoms with Crippen LogP contribution in [0.15, 0.2) is 0 Å². The van der Waals surface area contributed by atoms with Crippen molar-refractivity contribution in [2.45, 2.75) is 65.2 Å². The van der Waals surface area contributed by atoms with Crippen molar-refractivity contribution in [3.8, 4) is 0 Å². The summed E-state index contributed by atoms with van der Waals surface area (Å²) in [7, 11) is -6.04. The lowest BCUT2D eigenvalue weighted by Crippen LogP contribution is -2.55. The van der Waals surface area contributed by atoms with Gasteiger partial charge in [-0.25, -0.2) is 0 Å². The maximum absolute atomic E-state index is 6.25. The molecule has 0 spiro atoms. The van der Waals surface area contributed by atoms with Crippen LogP contribution in [0.3, 0.4) is 0 Å². The Morgan fingerprint density at radius 2 is 1.24 bits per heavy atom. The summed E-state index contributed by atoms with van der Waals surface area (Å²) in [4.78, 5) is 0. The molecular formula is C10H30O3Si4. The summed E-state index contributed by atoms with van der Waals surface area (Å²) in [6.45, 7) is 17.5. The highest BCUT2D eigenvalue weighted by Crippen LogP contribution is 2.21. The first-order chi connectivity index (χ1) is 7.47. The Kier molecular flexibility index (Phi) is 7.08. The van der Waals surface area contributed by atoms with Crippen LogP contribution < -0.4 is 0 Å². The van der Waals surface area contributed by atoms with Gasteiger partial charge in [0.2, 0.25) is 0 Å². The van der Waals surface area contributed by atoms with E-state index < -0.39 is 35.2 Å². The molecule has 0 aromatic carbocycles. The van der Waals surface area contributed by atoms with Crippen LogP contribution in [-0.4, -0.2) is 35.2 Å². The van der Waals surface area contributed by atoms with E-state index in [2.05, 4.69) is 52.8 Å². The Morgan fingerprint density at radius 3 is 1.53 bits per heavy atom. The van der Waals surface area contributed by atoms with Crippen molar-refractivity contribution >= 4 is 35.2 Å². The third-order valence-corrected chi connectivity index (χ3v) is 13.6. The summed E-state index contributed by atoms with van der Waals surface area (Å²) in [5, 5.41) is 0. The van der Waals surface area contributed by atoms with Gasteiger partial charge in [0.1, 0.15) is 0 Å². The molecule has 0 heterocycles. The third kappa shape index (κ3) is 10.4. The number of hydrogen-bond acceptors (Lipinski definition) is 3. The summed E-state index contributed by atoms with van der Waals surface area (Å²) in [5.41, 5.74) is 0. The van der Waals surface area contributed by atoms with Gasteiger partial charge in [0.05, 0.1) is 0 Å². The van der Waals surface area contributed by atoms with Gasteiger partial charge in [-0.1, -0.05) is 13.3 Å². The van der Waals surface area contributed by atoms with Gasteiger partial charge in [0, 0.05) is 6.55 Å². The molecule has 0 unspecified atom stereocenters. The van der Waals surface area contributed by atoms with E-state index in [0.717, 1.165) is 0 Å². The van der Waals surface area contributed by atoms with Crippen molar-refractivity contribution in [2.75, 3.05) is 0 Å². The van der Waals surface area contributed by atoms with E-state index in [1.807, 2.05) is 0 Å². The second-order valence-electron chi connectivity index (χ2n) is 6.49. The maximum atomic E-state index is 6.25.